The number of carbonyl (C=O) groups excluding carboxylic acids is 1. The first-order valence-corrected chi connectivity index (χ1v) is 7.85. The summed E-state index contributed by atoms with van der Waals surface area (Å²) in [4.78, 5) is 16.1. The lowest BCUT2D eigenvalue weighted by Gasteiger charge is -2.39. The minimum absolute atomic E-state index is 0.108. The molecular formula is C17H24N2O2. The number of piperazine rings is 1. The number of nitrogens with zero attached hydrogens (tertiary/aromatic N) is 2. The molecule has 0 saturated carbocycles. The van der Waals surface area contributed by atoms with E-state index in [2.05, 4.69) is 34.1 Å². The van der Waals surface area contributed by atoms with Crippen LogP contribution < -0.4 is 0 Å². The Morgan fingerprint density at radius 3 is 2.62 bits per heavy atom. The van der Waals surface area contributed by atoms with E-state index in [4.69, 9.17) is 4.74 Å². The minimum atomic E-state index is -0.108. The smallest absolute Gasteiger partial charge is 0.306 e. The Labute approximate surface area is 126 Å². The van der Waals surface area contributed by atoms with E-state index >= 15 is 0 Å². The van der Waals surface area contributed by atoms with Gasteiger partial charge in [-0.05, 0) is 17.5 Å². The standard InChI is InChI=1S/C17H24N2O2/c1-21-17(20)6-7-18-8-10-19(11-9-18)13-15-12-14-4-2-3-5-16(14)15/h2-5,15H,6-13H2,1H3. The van der Waals surface area contributed by atoms with Crippen LogP contribution >= 0.6 is 0 Å². The van der Waals surface area contributed by atoms with Crippen molar-refractivity contribution >= 4 is 5.97 Å². The van der Waals surface area contributed by atoms with Gasteiger partial charge in [-0.25, -0.2) is 0 Å². The molecule has 4 nitrogen and oxygen atoms in total. The maximum atomic E-state index is 11.2. The molecule has 1 fully saturated rings. The molecule has 1 aliphatic heterocycles. The van der Waals surface area contributed by atoms with Crippen molar-refractivity contribution < 1.29 is 9.53 Å². The molecule has 3 rings (SSSR count). The SMILES string of the molecule is COC(=O)CCN1CCN(CC2Cc3ccccc32)CC1. The second-order valence-electron chi connectivity index (χ2n) is 6.07. The molecule has 0 amide bonds. The van der Waals surface area contributed by atoms with E-state index in [1.165, 1.54) is 25.6 Å². The Hall–Kier alpha value is -1.39. The van der Waals surface area contributed by atoms with E-state index in [-0.39, 0.29) is 5.97 Å². The first-order chi connectivity index (χ1) is 10.3. The Morgan fingerprint density at radius 1 is 1.19 bits per heavy atom. The maximum Gasteiger partial charge on any atom is 0.306 e. The Bertz CT molecular complexity index is 495. The van der Waals surface area contributed by atoms with Gasteiger partial charge in [-0.3, -0.25) is 4.79 Å². The van der Waals surface area contributed by atoms with Crippen LogP contribution in [0.15, 0.2) is 24.3 Å². The van der Waals surface area contributed by atoms with E-state index in [1.807, 2.05) is 0 Å². The predicted octanol–water partition coefficient (Wildman–Crippen LogP) is 1.51. The van der Waals surface area contributed by atoms with E-state index in [0.29, 0.717) is 6.42 Å². The molecule has 0 spiro atoms. The first-order valence-electron chi connectivity index (χ1n) is 7.85. The van der Waals surface area contributed by atoms with Crippen molar-refractivity contribution in [3.05, 3.63) is 35.4 Å². The summed E-state index contributed by atoms with van der Waals surface area (Å²) < 4.78 is 4.69. The summed E-state index contributed by atoms with van der Waals surface area (Å²) in [5.41, 5.74) is 3.07. The summed E-state index contributed by atoms with van der Waals surface area (Å²) in [5, 5.41) is 0. The molecule has 0 N–H and O–H groups in total. The molecule has 4 heteroatoms. The minimum Gasteiger partial charge on any atom is -0.469 e. The lowest BCUT2D eigenvalue weighted by atomic mass is 9.77. The largest absolute Gasteiger partial charge is 0.469 e. The van der Waals surface area contributed by atoms with Gasteiger partial charge in [0.05, 0.1) is 13.5 Å². The van der Waals surface area contributed by atoms with E-state index in [0.717, 1.165) is 38.6 Å². The number of fused-ring (bicyclic) bond motifs is 1. The Balaban J connectivity index is 1.40. The monoisotopic (exact) mass is 288 g/mol. The summed E-state index contributed by atoms with van der Waals surface area (Å²) in [7, 11) is 1.46. The zero-order valence-corrected chi connectivity index (χ0v) is 12.8. The van der Waals surface area contributed by atoms with Gasteiger partial charge in [-0.15, -0.1) is 0 Å². The maximum absolute atomic E-state index is 11.2. The molecular weight excluding hydrogens is 264 g/mol. The highest BCUT2D eigenvalue weighted by atomic mass is 16.5. The van der Waals surface area contributed by atoms with Crippen LogP contribution in [0.25, 0.3) is 0 Å². The molecule has 114 valence electrons. The van der Waals surface area contributed by atoms with Crippen LogP contribution in [0.5, 0.6) is 0 Å². The third kappa shape index (κ3) is 3.44. The second kappa shape index (κ2) is 6.58. The van der Waals surface area contributed by atoms with Gasteiger partial charge in [0.1, 0.15) is 0 Å². The first kappa shape index (κ1) is 14.5. The Morgan fingerprint density at radius 2 is 1.90 bits per heavy atom. The Kier molecular flexibility index (Phi) is 4.56. The van der Waals surface area contributed by atoms with E-state index < -0.39 is 0 Å². The van der Waals surface area contributed by atoms with Gasteiger partial charge in [0.15, 0.2) is 0 Å². The number of hydrogen-bond donors (Lipinski definition) is 0. The van der Waals surface area contributed by atoms with Crippen molar-refractivity contribution in [2.75, 3.05) is 46.4 Å². The number of rotatable bonds is 5. The van der Waals surface area contributed by atoms with Crippen molar-refractivity contribution in [3.8, 4) is 0 Å². The topological polar surface area (TPSA) is 32.8 Å². The zero-order valence-electron chi connectivity index (χ0n) is 12.8. The summed E-state index contributed by atoms with van der Waals surface area (Å²) in [6.45, 7) is 6.35. The number of esters is 1. The van der Waals surface area contributed by atoms with E-state index in [9.17, 15) is 4.79 Å². The van der Waals surface area contributed by atoms with Crippen LogP contribution in [0.3, 0.4) is 0 Å². The number of hydrogen-bond acceptors (Lipinski definition) is 4. The summed E-state index contributed by atoms with van der Waals surface area (Å²) >= 11 is 0. The summed E-state index contributed by atoms with van der Waals surface area (Å²) in [6, 6.07) is 8.80. The molecule has 0 bridgehead atoms. The molecule has 1 aromatic carbocycles. The normalized spacial score (nSPS) is 22.4. The molecule has 2 aliphatic rings. The number of ether oxygens (including phenoxy) is 1. The van der Waals surface area contributed by atoms with Crippen molar-refractivity contribution in [2.45, 2.75) is 18.8 Å². The average Bonchev–Trinajstić information content (AvgIpc) is 2.51. The van der Waals surface area contributed by atoms with Gasteiger partial charge < -0.3 is 14.5 Å². The van der Waals surface area contributed by atoms with Crippen LogP contribution in [-0.4, -0.2) is 62.1 Å². The highest BCUT2D eigenvalue weighted by molar-refractivity contribution is 5.69. The number of carbonyl (C=O) groups is 1. The number of benzene rings is 1. The van der Waals surface area contributed by atoms with Gasteiger partial charge in [-0.1, -0.05) is 24.3 Å². The molecule has 1 heterocycles. The summed E-state index contributed by atoms with van der Waals surface area (Å²) in [6.07, 6.45) is 1.74. The van der Waals surface area contributed by atoms with Crippen LogP contribution in [0.4, 0.5) is 0 Å². The fraction of sp³-hybridized carbons (Fsp3) is 0.588. The molecule has 1 atom stereocenters. The molecule has 1 saturated heterocycles. The van der Waals surface area contributed by atoms with Gasteiger partial charge >= 0.3 is 5.97 Å². The third-order valence-corrected chi connectivity index (χ3v) is 4.76. The highest BCUT2D eigenvalue weighted by Crippen LogP contribution is 2.35. The fourth-order valence-electron chi connectivity index (χ4n) is 3.38. The molecule has 1 aliphatic carbocycles. The fourth-order valence-corrected chi connectivity index (χ4v) is 3.38. The van der Waals surface area contributed by atoms with Crippen molar-refractivity contribution in [1.29, 1.82) is 0 Å². The molecule has 0 aromatic heterocycles. The van der Waals surface area contributed by atoms with Crippen LogP contribution in [0.1, 0.15) is 23.5 Å². The van der Waals surface area contributed by atoms with Crippen molar-refractivity contribution in [2.24, 2.45) is 0 Å². The lowest BCUT2D eigenvalue weighted by molar-refractivity contribution is -0.141. The highest BCUT2D eigenvalue weighted by Gasteiger charge is 2.28. The molecule has 21 heavy (non-hydrogen) atoms. The van der Waals surface area contributed by atoms with Crippen molar-refractivity contribution in [3.63, 3.8) is 0 Å². The van der Waals surface area contributed by atoms with Gasteiger partial charge in [0.25, 0.3) is 0 Å². The quantitative estimate of drug-likeness (QED) is 0.769. The van der Waals surface area contributed by atoms with E-state index in [1.54, 1.807) is 5.56 Å². The molecule has 1 unspecified atom stereocenters. The van der Waals surface area contributed by atoms with Gasteiger partial charge in [-0.2, -0.15) is 0 Å². The average molecular weight is 288 g/mol. The molecule has 1 aromatic rings. The number of methoxy groups -OCH3 is 1. The summed E-state index contributed by atoms with van der Waals surface area (Å²) in [5.74, 6) is 0.617. The second-order valence-corrected chi connectivity index (χ2v) is 6.07. The van der Waals surface area contributed by atoms with Gasteiger partial charge in [0, 0.05) is 45.2 Å². The molecule has 0 radical (unpaired) electrons. The predicted molar refractivity (Wildman–Crippen MR) is 82.4 cm³/mol. The van der Waals surface area contributed by atoms with Crippen LogP contribution in [-0.2, 0) is 16.0 Å². The zero-order chi connectivity index (χ0) is 14.7. The lowest BCUT2D eigenvalue weighted by Crippen LogP contribution is -2.48. The van der Waals surface area contributed by atoms with Crippen molar-refractivity contribution in [1.82, 2.24) is 9.80 Å². The van der Waals surface area contributed by atoms with Gasteiger partial charge in [0.2, 0.25) is 0 Å². The third-order valence-electron chi connectivity index (χ3n) is 4.76. The van der Waals surface area contributed by atoms with Crippen LogP contribution in [0, 0.1) is 0 Å². The van der Waals surface area contributed by atoms with Crippen LogP contribution in [0.2, 0.25) is 0 Å².